The fourth-order valence-electron chi connectivity index (χ4n) is 2.68. The van der Waals surface area contributed by atoms with Crippen LogP contribution in [0.2, 0.25) is 0 Å². The Labute approximate surface area is 105 Å². The van der Waals surface area contributed by atoms with Crippen molar-refractivity contribution in [3.8, 4) is 0 Å². The summed E-state index contributed by atoms with van der Waals surface area (Å²) in [4.78, 5) is 25.5. The summed E-state index contributed by atoms with van der Waals surface area (Å²) in [5.74, 6) is -0.505. The van der Waals surface area contributed by atoms with Crippen molar-refractivity contribution in [3.05, 3.63) is 41.0 Å². The standard InChI is InChI=1S/C14H13NO3/c16-8-7-15-13(17)11-6-5-9-3-1-2-4-10(9)12(11)14(15)18/h1-4,16H,5-8H2. The molecule has 1 heterocycles. The van der Waals surface area contributed by atoms with Crippen molar-refractivity contribution in [2.24, 2.45) is 0 Å². The zero-order valence-electron chi connectivity index (χ0n) is 9.85. The summed E-state index contributed by atoms with van der Waals surface area (Å²) in [7, 11) is 0. The lowest BCUT2D eigenvalue weighted by Crippen LogP contribution is -2.34. The Kier molecular flexibility index (Phi) is 2.52. The van der Waals surface area contributed by atoms with Crippen LogP contribution in [0.5, 0.6) is 0 Å². The molecule has 0 unspecified atom stereocenters. The van der Waals surface area contributed by atoms with E-state index in [2.05, 4.69) is 0 Å². The number of imide groups is 1. The minimum absolute atomic E-state index is 0.0762. The molecule has 3 rings (SSSR count). The smallest absolute Gasteiger partial charge is 0.261 e. The second kappa shape index (κ2) is 4.07. The van der Waals surface area contributed by atoms with Crippen LogP contribution >= 0.6 is 0 Å². The highest BCUT2D eigenvalue weighted by molar-refractivity contribution is 6.36. The highest BCUT2D eigenvalue weighted by Gasteiger charge is 2.40. The van der Waals surface area contributed by atoms with E-state index in [1.165, 1.54) is 0 Å². The molecule has 0 aromatic heterocycles. The molecule has 1 aromatic carbocycles. The molecular formula is C14H13NO3. The Balaban J connectivity index is 2.10. The molecule has 2 amide bonds. The second-order valence-corrected chi connectivity index (χ2v) is 4.50. The first-order valence-corrected chi connectivity index (χ1v) is 6.02. The van der Waals surface area contributed by atoms with E-state index >= 15 is 0 Å². The Morgan fingerprint density at radius 1 is 1.11 bits per heavy atom. The first kappa shape index (κ1) is 11.2. The van der Waals surface area contributed by atoms with Crippen LogP contribution in [0.15, 0.2) is 29.8 Å². The third kappa shape index (κ3) is 1.42. The van der Waals surface area contributed by atoms with Gasteiger partial charge in [-0.2, -0.15) is 0 Å². The average molecular weight is 243 g/mol. The summed E-state index contributed by atoms with van der Waals surface area (Å²) >= 11 is 0. The van der Waals surface area contributed by atoms with Gasteiger partial charge in [0.15, 0.2) is 0 Å². The Morgan fingerprint density at radius 3 is 2.67 bits per heavy atom. The van der Waals surface area contributed by atoms with Crippen molar-refractivity contribution >= 4 is 17.4 Å². The number of aliphatic hydroxyl groups excluding tert-OH is 1. The predicted octanol–water partition coefficient (Wildman–Crippen LogP) is 0.748. The second-order valence-electron chi connectivity index (χ2n) is 4.50. The van der Waals surface area contributed by atoms with E-state index in [1.807, 2.05) is 24.3 Å². The van der Waals surface area contributed by atoms with E-state index in [1.54, 1.807) is 0 Å². The molecule has 4 heteroatoms. The molecule has 0 fully saturated rings. The van der Waals surface area contributed by atoms with Gasteiger partial charge in [0.25, 0.3) is 11.8 Å². The van der Waals surface area contributed by atoms with E-state index in [9.17, 15) is 9.59 Å². The molecule has 0 spiro atoms. The largest absolute Gasteiger partial charge is 0.395 e. The van der Waals surface area contributed by atoms with E-state index in [-0.39, 0.29) is 25.0 Å². The molecule has 1 aliphatic carbocycles. The average Bonchev–Trinajstić information content (AvgIpc) is 2.64. The number of carbonyl (C=O) groups is 2. The Bertz CT molecular complexity index is 574. The fourth-order valence-corrected chi connectivity index (χ4v) is 2.68. The Morgan fingerprint density at radius 2 is 1.89 bits per heavy atom. The van der Waals surface area contributed by atoms with Gasteiger partial charge in [-0.15, -0.1) is 0 Å². The summed E-state index contributed by atoms with van der Waals surface area (Å²) in [6, 6.07) is 7.70. The third-order valence-electron chi connectivity index (χ3n) is 3.52. The van der Waals surface area contributed by atoms with Gasteiger partial charge in [-0.05, 0) is 24.0 Å². The van der Waals surface area contributed by atoms with Crippen molar-refractivity contribution in [2.45, 2.75) is 12.8 Å². The van der Waals surface area contributed by atoms with Gasteiger partial charge < -0.3 is 5.11 Å². The van der Waals surface area contributed by atoms with Crippen LogP contribution < -0.4 is 0 Å². The molecule has 2 aliphatic rings. The van der Waals surface area contributed by atoms with Gasteiger partial charge in [-0.1, -0.05) is 24.3 Å². The number of rotatable bonds is 2. The van der Waals surface area contributed by atoms with Crippen LogP contribution in [-0.2, 0) is 16.0 Å². The molecule has 1 aromatic rings. The van der Waals surface area contributed by atoms with E-state index in [4.69, 9.17) is 5.11 Å². The van der Waals surface area contributed by atoms with Crippen molar-refractivity contribution < 1.29 is 14.7 Å². The van der Waals surface area contributed by atoms with E-state index in [0.29, 0.717) is 17.6 Å². The molecule has 1 aliphatic heterocycles. The molecule has 4 nitrogen and oxygen atoms in total. The molecular weight excluding hydrogens is 230 g/mol. The molecule has 0 atom stereocenters. The lowest BCUT2D eigenvalue weighted by Gasteiger charge is -2.15. The molecule has 0 saturated carbocycles. The van der Waals surface area contributed by atoms with E-state index < -0.39 is 0 Å². The van der Waals surface area contributed by atoms with E-state index in [0.717, 1.165) is 22.4 Å². The number of aryl methyl sites for hydroxylation is 1. The maximum atomic E-state index is 12.2. The Hall–Kier alpha value is -1.94. The highest BCUT2D eigenvalue weighted by Crippen LogP contribution is 2.37. The van der Waals surface area contributed by atoms with Crippen molar-refractivity contribution in [3.63, 3.8) is 0 Å². The highest BCUT2D eigenvalue weighted by atomic mass is 16.3. The maximum absolute atomic E-state index is 12.2. The molecule has 0 bridgehead atoms. The number of hydrogen-bond donors (Lipinski definition) is 1. The monoisotopic (exact) mass is 243 g/mol. The molecule has 0 saturated heterocycles. The zero-order valence-corrected chi connectivity index (χ0v) is 9.85. The van der Waals surface area contributed by atoms with Crippen LogP contribution in [0.25, 0.3) is 5.57 Å². The van der Waals surface area contributed by atoms with Gasteiger partial charge in [0.05, 0.1) is 18.7 Å². The van der Waals surface area contributed by atoms with Crippen molar-refractivity contribution in [2.75, 3.05) is 13.2 Å². The normalized spacial score (nSPS) is 18.2. The summed E-state index contributed by atoms with van der Waals surface area (Å²) < 4.78 is 0. The summed E-state index contributed by atoms with van der Waals surface area (Å²) in [6.07, 6.45) is 1.40. The van der Waals surface area contributed by atoms with Gasteiger partial charge in [-0.3, -0.25) is 14.5 Å². The number of nitrogens with zero attached hydrogens (tertiary/aromatic N) is 1. The van der Waals surface area contributed by atoms with Crippen LogP contribution in [0, 0.1) is 0 Å². The van der Waals surface area contributed by atoms with Crippen molar-refractivity contribution in [1.29, 1.82) is 0 Å². The lowest BCUT2D eigenvalue weighted by atomic mass is 9.87. The topological polar surface area (TPSA) is 57.6 Å². The number of β-amino-alcohol motifs (C(OH)–C–C–N with tert-alkyl or cyclic N) is 1. The van der Waals surface area contributed by atoms with Crippen LogP contribution in [0.1, 0.15) is 17.5 Å². The number of amides is 2. The van der Waals surface area contributed by atoms with Gasteiger partial charge >= 0.3 is 0 Å². The van der Waals surface area contributed by atoms with Gasteiger partial charge in [-0.25, -0.2) is 0 Å². The van der Waals surface area contributed by atoms with Gasteiger partial charge in [0.2, 0.25) is 0 Å². The molecule has 0 radical (unpaired) electrons. The molecule has 18 heavy (non-hydrogen) atoms. The number of fused-ring (bicyclic) bond motifs is 2. The number of carbonyl (C=O) groups excluding carboxylic acids is 2. The van der Waals surface area contributed by atoms with Gasteiger partial charge in [0, 0.05) is 5.57 Å². The zero-order chi connectivity index (χ0) is 12.7. The number of aliphatic hydroxyl groups is 1. The first-order chi connectivity index (χ1) is 8.74. The first-order valence-electron chi connectivity index (χ1n) is 6.02. The predicted molar refractivity (Wildman–Crippen MR) is 65.5 cm³/mol. The quantitative estimate of drug-likeness (QED) is 0.780. The summed E-state index contributed by atoms with van der Waals surface area (Å²) in [5.41, 5.74) is 3.13. The maximum Gasteiger partial charge on any atom is 0.261 e. The minimum Gasteiger partial charge on any atom is -0.395 e. The number of hydrogen-bond acceptors (Lipinski definition) is 3. The lowest BCUT2D eigenvalue weighted by molar-refractivity contribution is -0.137. The summed E-state index contributed by atoms with van der Waals surface area (Å²) in [5, 5.41) is 8.93. The van der Waals surface area contributed by atoms with Crippen LogP contribution in [0.4, 0.5) is 0 Å². The molecule has 1 N–H and O–H groups in total. The van der Waals surface area contributed by atoms with Crippen LogP contribution in [0.3, 0.4) is 0 Å². The van der Waals surface area contributed by atoms with Crippen LogP contribution in [-0.4, -0.2) is 35.0 Å². The minimum atomic E-state index is -0.267. The fraction of sp³-hybridized carbons (Fsp3) is 0.286. The molecule has 92 valence electrons. The van der Waals surface area contributed by atoms with Crippen molar-refractivity contribution in [1.82, 2.24) is 4.90 Å². The van der Waals surface area contributed by atoms with Gasteiger partial charge in [0.1, 0.15) is 0 Å². The number of benzene rings is 1. The SMILES string of the molecule is O=C1C2=C(C(=O)N1CCO)c1ccccc1CC2. The third-order valence-corrected chi connectivity index (χ3v) is 3.52. The summed E-state index contributed by atoms with van der Waals surface area (Å²) in [6.45, 7) is -0.119.